The van der Waals surface area contributed by atoms with E-state index in [1.165, 1.54) is 24.2 Å². The molecule has 1 saturated heterocycles. The minimum atomic E-state index is -0.671. The molecule has 0 unspecified atom stereocenters. The fourth-order valence-corrected chi connectivity index (χ4v) is 2.86. The third-order valence-corrected chi connectivity index (χ3v) is 3.92. The van der Waals surface area contributed by atoms with E-state index in [1.807, 2.05) is 6.92 Å². The lowest BCUT2D eigenvalue weighted by Crippen LogP contribution is -2.66. The number of nitrogens with zero attached hydrogens (tertiary/aromatic N) is 1. The molecule has 3 nitrogen and oxygen atoms in total. The van der Waals surface area contributed by atoms with E-state index in [2.05, 4.69) is 0 Å². The van der Waals surface area contributed by atoms with E-state index in [0.717, 1.165) is 12.8 Å². The number of imide groups is 1. The third kappa shape index (κ3) is 1.04. The zero-order valence-corrected chi connectivity index (χ0v) is 8.88. The monoisotopic (exact) mass is 195 g/mol. The van der Waals surface area contributed by atoms with E-state index < -0.39 is 5.41 Å². The summed E-state index contributed by atoms with van der Waals surface area (Å²) in [4.78, 5) is 24.7. The van der Waals surface area contributed by atoms with Gasteiger partial charge in [-0.25, -0.2) is 0 Å². The van der Waals surface area contributed by atoms with E-state index in [1.54, 1.807) is 7.05 Å². The minimum Gasteiger partial charge on any atom is -0.284 e. The van der Waals surface area contributed by atoms with Crippen molar-refractivity contribution in [2.75, 3.05) is 7.05 Å². The molecule has 0 aromatic heterocycles. The first-order valence-corrected chi connectivity index (χ1v) is 5.41. The molecule has 14 heavy (non-hydrogen) atoms. The lowest BCUT2D eigenvalue weighted by atomic mass is 9.64. The Kier molecular flexibility index (Phi) is 2.13. The van der Waals surface area contributed by atoms with Gasteiger partial charge in [0.1, 0.15) is 5.41 Å². The van der Waals surface area contributed by atoms with Gasteiger partial charge in [-0.1, -0.05) is 19.3 Å². The highest BCUT2D eigenvalue weighted by Crippen LogP contribution is 2.45. The van der Waals surface area contributed by atoms with Gasteiger partial charge in [0.05, 0.1) is 0 Å². The number of hydrogen-bond acceptors (Lipinski definition) is 2. The largest absolute Gasteiger partial charge is 0.284 e. The molecule has 1 aliphatic carbocycles. The van der Waals surface area contributed by atoms with Crippen molar-refractivity contribution in [2.24, 2.45) is 11.3 Å². The Bertz CT molecular complexity index is 263. The van der Waals surface area contributed by atoms with Crippen molar-refractivity contribution in [2.45, 2.75) is 39.0 Å². The lowest BCUT2D eigenvalue weighted by Gasteiger charge is -2.47. The highest BCUT2D eigenvalue weighted by atomic mass is 16.2. The smallest absolute Gasteiger partial charge is 0.244 e. The summed E-state index contributed by atoms with van der Waals surface area (Å²) in [5, 5.41) is 0. The molecule has 2 fully saturated rings. The van der Waals surface area contributed by atoms with Crippen LogP contribution in [0.5, 0.6) is 0 Å². The number of β-lactam (4-membered cyclic amide) rings is 2. The van der Waals surface area contributed by atoms with E-state index >= 15 is 0 Å². The summed E-state index contributed by atoms with van der Waals surface area (Å²) < 4.78 is 0. The maximum absolute atomic E-state index is 11.7. The Morgan fingerprint density at radius 1 is 1.14 bits per heavy atom. The number of carbonyl (C=O) groups is 2. The van der Waals surface area contributed by atoms with Gasteiger partial charge in [-0.3, -0.25) is 14.5 Å². The van der Waals surface area contributed by atoms with E-state index in [9.17, 15) is 9.59 Å². The van der Waals surface area contributed by atoms with Gasteiger partial charge in [-0.05, 0) is 25.7 Å². The number of amides is 2. The standard InChI is InChI=1S/C11H17NO2/c1-11(8-6-4-3-5-7-8)9(13)12(2)10(11)14/h8H,3-7H2,1-2H3. The van der Waals surface area contributed by atoms with Gasteiger partial charge < -0.3 is 0 Å². The molecule has 0 aromatic carbocycles. The van der Waals surface area contributed by atoms with Crippen LogP contribution in [0.3, 0.4) is 0 Å². The maximum atomic E-state index is 11.7. The zero-order chi connectivity index (χ0) is 10.3. The number of likely N-dealkylation sites (tertiary alicyclic amines) is 1. The summed E-state index contributed by atoms with van der Waals surface area (Å²) in [7, 11) is 1.58. The third-order valence-electron chi connectivity index (χ3n) is 3.92. The Labute approximate surface area is 84.5 Å². The average Bonchev–Trinajstić information content (AvgIpc) is 2.27. The highest BCUT2D eigenvalue weighted by Gasteiger charge is 2.59. The fraction of sp³-hybridized carbons (Fsp3) is 0.818. The number of rotatable bonds is 1. The molecule has 0 aromatic rings. The topological polar surface area (TPSA) is 37.4 Å². The van der Waals surface area contributed by atoms with Crippen LogP contribution in [0.25, 0.3) is 0 Å². The van der Waals surface area contributed by atoms with Gasteiger partial charge >= 0.3 is 0 Å². The fourth-order valence-electron chi connectivity index (χ4n) is 2.86. The van der Waals surface area contributed by atoms with Gasteiger partial charge in [-0.15, -0.1) is 0 Å². The second kappa shape index (κ2) is 3.07. The molecule has 2 aliphatic rings. The van der Waals surface area contributed by atoms with Gasteiger partial charge in [0.2, 0.25) is 11.8 Å². The van der Waals surface area contributed by atoms with Gasteiger partial charge in [0, 0.05) is 7.05 Å². The molecule has 3 heteroatoms. The quantitative estimate of drug-likeness (QED) is 0.470. The molecule has 0 N–H and O–H groups in total. The Morgan fingerprint density at radius 3 is 2.14 bits per heavy atom. The number of carbonyl (C=O) groups excluding carboxylic acids is 2. The molecule has 0 spiro atoms. The zero-order valence-electron chi connectivity index (χ0n) is 8.88. The molecule has 2 rings (SSSR count). The summed E-state index contributed by atoms with van der Waals surface area (Å²) in [6.45, 7) is 1.83. The van der Waals surface area contributed by atoms with Gasteiger partial charge in [-0.2, -0.15) is 0 Å². The van der Waals surface area contributed by atoms with E-state index in [0.29, 0.717) is 5.92 Å². The summed E-state index contributed by atoms with van der Waals surface area (Å²) in [6, 6.07) is 0. The summed E-state index contributed by atoms with van der Waals surface area (Å²) in [6.07, 6.45) is 5.68. The van der Waals surface area contributed by atoms with Crippen LogP contribution in [0.15, 0.2) is 0 Å². The SMILES string of the molecule is CN1C(=O)C(C)(C2CCCCC2)C1=O. The first-order chi connectivity index (χ1) is 6.58. The molecule has 2 amide bonds. The van der Waals surface area contributed by atoms with Crippen LogP contribution < -0.4 is 0 Å². The molecular weight excluding hydrogens is 178 g/mol. The van der Waals surface area contributed by atoms with Crippen LogP contribution in [0, 0.1) is 11.3 Å². The van der Waals surface area contributed by atoms with E-state index in [-0.39, 0.29) is 11.8 Å². The molecule has 1 heterocycles. The molecular formula is C11H17NO2. The van der Waals surface area contributed by atoms with Crippen LogP contribution in [-0.2, 0) is 9.59 Å². The Hall–Kier alpha value is -0.860. The molecule has 0 radical (unpaired) electrons. The summed E-state index contributed by atoms with van der Waals surface area (Å²) >= 11 is 0. The van der Waals surface area contributed by atoms with Crippen molar-refractivity contribution in [3.8, 4) is 0 Å². The van der Waals surface area contributed by atoms with Gasteiger partial charge in [0.25, 0.3) is 0 Å². The highest BCUT2D eigenvalue weighted by molar-refractivity contribution is 6.21. The van der Waals surface area contributed by atoms with Crippen molar-refractivity contribution in [3.63, 3.8) is 0 Å². The maximum Gasteiger partial charge on any atom is 0.244 e. The van der Waals surface area contributed by atoms with Crippen molar-refractivity contribution >= 4 is 11.8 Å². The van der Waals surface area contributed by atoms with Crippen molar-refractivity contribution < 1.29 is 9.59 Å². The second-order valence-corrected chi connectivity index (χ2v) is 4.71. The summed E-state index contributed by atoms with van der Waals surface area (Å²) in [5.41, 5.74) is -0.671. The van der Waals surface area contributed by atoms with Gasteiger partial charge in [0.15, 0.2) is 0 Å². The molecule has 0 atom stereocenters. The van der Waals surface area contributed by atoms with Crippen LogP contribution in [0.2, 0.25) is 0 Å². The molecule has 1 saturated carbocycles. The molecule has 0 bridgehead atoms. The molecule has 78 valence electrons. The molecule has 1 aliphatic heterocycles. The van der Waals surface area contributed by atoms with E-state index in [4.69, 9.17) is 0 Å². The Morgan fingerprint density at radius 2 is 1.64 bits per heavy atom. The van der Waals surface area contributed by atoms with Crippen molar-refractivity contribution in [1.29, 1.82) is 0 Å². The number of hydrogen-bond donors (Lipinski definition) is 0. The normalized spacial score (nSPS) is 27.7. The van der Waals surface area contributed by atoms with Crippen molar-refractivity contribution in [1.82, 2.24) is 4.90 Å². The van der Waals surface area contributed by atoms with Crippen LogP contribution in [0.1, 0.15) is 39.0 Å². The average molecular weight is 195 g/mol. The van der Waals surface area contributed by atoms with Crippen molar-refractivity contribution in [3.05, 3.63) is 0 Å². The summed E-state index contributed by atoms with van der Waals surface area (Å²) in [5.74, 6) is 0.344. The Balaban J connectivity index is 2.15. The van der Waals surface area contributed by atoms with Crippen LogP contribution >= 0.6 is 0 Å². The second-order valence-electron chi connectivity index (χ2n) is 4.71. The minimum absolute atomic E-state index is 0.0226. The van der Waals surface area contributed by atoms with Crippen LogP contribution in [0.4, 0.5) is 0 Å². The predicted octanol–water partition coefficient (Wildman–Crippen LogP) is 1.57. The van der Waals surface area contributed by atoms with Crippen LogP contribution in [-0.4, -0.2) is 23.8 Å². The first-order valence-electron chi connectivity index (χ1n) is 5.41. The lowest BCUT2D eigenvalue weighted by molar-refractivity contribution is -0.179. The predicted molar refractivity (Wildman–Crippen MR) is 52.5 cm³/mol. The first kappa shape index (κ1) is 9.69.